The Morgan fingerprint density at radius 2 is 1.54 bits per heavy atom. The van der Waals surface area contributed by atoms with E-state index in [0.717, 1.165) is 36.1 Å². The molecule has 3 aromatic carbocycles. The Balaban J connectivity index is 1.19. The van der Waals surface area contributed by atoms with Crippen LogP contribution in [0.1, 0.15) is 60.6 Å². The van der Waals surface area contributed by atoms with Crippen LogP contribution in [0.2, 0.25) is 0 Å². The van der Waals surface area contributed by atoms with Crippen molar-refractivity contribution in [1.82, 2.24) is 14.5 Å². The molecule has 2 aliphatic heterocycles. The summed E-state index contributed by atoms with van der Waals surface area (Å²) in [5.41, 5.74) is 2.47. The topological polar surface area (TPSA) is 79.0 Å². The minimum absolute atomic E-state index is 0.0934. The Bertz CT molecular complexity index is 1380. The Morgan fingerprint density at radius 3 is 2.21 bits per heavy atom. The number of piperazine rings is 1. The van der Waals surface area contributed by atoms with Crippen molar-refractivity contribution < 1.29 is 17.9 Å². The average molecular weight is 548 g/mol. The van der Waals surface area contributed by atoms with Gasteiger partial charge in [0.1, 0.15) is 11.4 Å². The van der Waals surface area contributed by atoms with Crippen molar-refractivity contribution in [2.45, 2.75) is 56.2 Å². The van der Waals surface area contributed by atoms with Crippen LogP contribution in [0.5, 0.6) is 5.75 Å². The summed E-state index contributed by atoms with van der Waals surface area (Å²) in [5, 5.41) is 3.26. The first kappa shape index (κ1) is 27.4. The quantitative estimate of drug-likeness (QED) is 0.429. The van der Waals surface area contributed by atoms with E-state index in [4.69, 9.17) is 4.74 Å². The molecular formula is C31H37N3O4S. The normalized spacial score (nSPS) is 19.6. The van der Waals surface area contributed by atoms with E-state index >= 15 is 0 Å². The number of amides is 1. The van der Waals surface area contributed by atoms with Gasteiger partial charge in [0, 0.05) is 50.3 Å². The van der Waals surface area contributed by atoms with Gasteiger partial charge in [0.2, 0.25) is 10.0 Å². The molecular weight excluding hydrogens is 510 g/mol. The van der Waals surface area contributed by atoms with Gasteiger partial charge in [-0.2, -0.15) is 4.31 Å². The summed E-state index contributed by atoms with van der Waals surface area (Å²) in [6.45, 7) is 7.23. The molecule has 0 bridgehead atoms. The number of rotatable bonds is 8. The van der Waals surface area contributed by atoms with Gasteiger partial charge in [-0.25, -0.2) is 8.42 Å². The minimum Gasteiger partial charge on any atom is -0.487 e. The molecule has 0 spiro atoms. The van der Waals surface area contributed by atoms with Gasteiger partial charge in [-0.15, -0.1) is 0 Å². The summed E-state index contributed by atoms with van der Waals surface area (Å²) in [4.78, 5) is 15.8. The molecule has 5 rings (SSSR count). The summed E-state index contributed by atoms with van der Waals surface area (Å²) >= 11 is 0. The van der Waals surface area contributed by atoms with Crippen molar-refractivity contribution in [2.24, 2.45) is 0 Å². The lowest BCUT2D eigenvalue weighted by Crippen LogP contribution is -2.48. The van der Waals surface area contributed by atoms with Crippen molar-refractivity contribution >= 4 is 15.9 Å². The molecule has 2 heterocycles. The fourth-order valence-corrected chi connectivity index (χ4v) is 7.00. The maximum Gasteiger partial charge on any atom is 0.251 e. The van der Waals surface area contributed by atoms with Gasteiger partial charge >= 0.3 is 0 Å². The number of nitrogens with zero attached hydrogens (tertiary/aromatic N) is 2. The number of hydrogen-bond acceptors (Lipinski definition) is 5. The Kier molecular flexibility index (Phi) is 8.07. The lowest BCUT2D eigenvalue weighted by atomic mass is 9.83. The average Bonchev–Trinajstić information content (AvgIpc) is 2.98. The van der Waals surface area contributed by atoms with Crippen LogP contribution in [0.3, 0.4) is 0 Å². The molecule has 0 radical (unpaired) electrons. The van der Waals surface area contributed by atoms with E-state index in [1.54, 1.807) is 28.6 Å². The monoisotopic (exact) mass is 547 g/mol. The van der Waals surface area contributed by atoms with Gasteiger partial charge in [0.25, 0.3) is 5.91 Å². The number of hydrogen-bond donors (Lipinski definition) is 1. The van der Waals surface area contributed by atoms with E-state index < -0.39 is 10.0 Å². The lowest BCUT2D eigenvalue weighted by Gasteiger charge is -2.41. The van der Waals surface area contributed by atoms with Crippen molar-refractivity contribution in [1.29, 1.82) is 0 Å². The van der Waals surface area contributed by atoms with Gasteiger partial charge < -0.3 is 10.1 Å². The Labute approximate surface area is 231 Å². The molecule has 0 aliphatic carbocycles. The number of ether oxygens (including phenoxy) is 1. The number of carbonyl (C=O) groups is 1. The third-order valence-electron chi connectivity index (χ3n) is 8.13. The van der Waals surface area contributed by atoms with Gasteiger partial charge in [0.15, 0.2) is 0 Å². The molecule has 0 unspecified atom stereocenters. The highest BCUT2D eigenvalue weighted by atomic mass is 32.2. The highest BCUT2D eigenvalue weighted by Gasteiger charge is 2.39. The molecule has 0 saturated carbocycles. The maximum absolute atomic E-state index is 13.2. The summed E-state index contributed by atoms with van der Waals surface area (Å²) in [5.74, 6) is 0.758. The van der Waals surface area contributed by atoms with Gasteiger partial charge in [-0.1, -0.05) is 62.4 Å². The number of sulfonamides is 1. The predicted octanol–water partition coefficient (Wildman–Crippen LogP) is 5.01. The molecule has 1 fully saturated rings. The molecule has 3 aromatic rings. The second kappa shape index (κ2) is 11.5. The van der Waals surface area contributed by atoms with Crippen LogP contribution in [-0.2, 0) is 16.6 Å². The maximum atomic E-state index is 13.2. The number of benzene rings is 3. The van der Waals surface area contributed by atoms with Gasteiger partial charge in [-0.3, -0.25) is 9.69 Å². The number of nitrogens with one attached hydrogen (secondary N) is 1. The molecule has 2 aliphatic rings. The minimum atomic E-state index is -3.46. The van der Waals surface area contributed by atoms with Crippen LogP contribution in [0, 0.1) is 0 Å². The summed E-state index contributed by atoms with van der Waals surface area (Å²) in [7, 11) is -3.46. The van der Waals surface area contributed by atoms with Crippen molar-refractivity contribution in [3.05, 3.63) is 95.6 Å². The molecule has 0 aromatic heterocycles. The molecule has 39 heavy (non-hydrogen) atoms. The van der Waals surface area contributed by atoms with Crippen molar-refractivity contribution in [3.63, 3.8) is 0 Å². The first-order valence-corrected chi connectivity index (χ1v) is 15.2. The Hall–Kier alpha value is -3.20. The van der Waals surface area contributed by atoms with Crippen LogP contribution in [0.4, 0.5) is 0 Å². The molecule has 1 amide bonds. The first-order valence-electron chi connectivity index (χ1n) is 13.8. The molecule has 1 N–H and O–H groups in total. The van der Waals surface area contributed by atoms with E-state index in [2.05, 4.69) is 24.1 Å². The Morgan fingerprint density at radius 1 is 0.897 bits per heavy atom. The van der Waals surface area contributed by atoms with E-state index in [9.17, 15) is 13.2 Å². The smallest absolute Gasteiger partial charge is 0.251 e. The summed E-state index contributed by atoms with van der Waals surface area (Å²) < 4.78 is 33.7. The highest BCUT2D eigenvalue weighted by Crippen LogP contribution is 2.42. The van der Waals surface area contributed by atoms with Gasteiger partial charge in [0.05, 0.1) is 10.9 Å². The molecule has 1 saturated heterocycles. The second-order valence-electron chi connectivity index (χ2n) is 10.5. The van der Waals surface area contributed by atoms with Crippen LogP contribution in [0.25, 0.3) is 0 Å². The molecule has 8 heteroatoms. The summed E-state index contributed by atoms with van der Waals surface area (Å²) in [6.07, 6.45) is 2.50. The van der Waals surface area contributed by atoms with Crippen LogP contribution >= 0.6 is 0 Å². The first-order chi connectivity index (χ1) is 18.8. The van der Waals surface area contributed by atoms with E-state index in [1.807, 2.05) is 54.6 Å². The SMILES string of the molecule is CCC1(CC)C[C@@H](NC(=O)c2ccc(CN3CCN(S(=O)(=O)c4ccccc4)CC3)cc2)c2ccccc2O1. The number of carbonyl (C=O) groups excluding carboxylic acids is 1. The number of para-hydroxylation sites is 1. The fourth-order valence-electron chi connectivity index (χ4n) is 5.56. The number of fused-ring (bicyclic) bond motifs is 1. The lowest BCUT2D eigenvalue weighted by molar-refractivity contribution is 0.0227. The van der Waals surface area contributed by atoms with E-state index in [1.165, 1.54) is 0 Å². The zero-order valence-electron chi connectivity index (χ0n) is 22.7. The standard InChI is InChI=1S/C31H37N3O4S/c1-3-31(4-2)22-28(27-12-8-9-13-29(27)38-31)32-30(35)25-16-14-24(15-17-25)23-33-18-20-34(21-19-33)39(36,37)26-10-6-5-7-11-26/h5-17,28H,3-4,18-23H2,1-2H3,(H,32,35)/t28-/m1/s1. The van der Waals surface area contributed by atoms with Crippen molar-refractivity contribution in [2.75, 3.05) is 26.2 Å². The van der Waals surface area contributed by atoms with E-state index in [0.29, 0.717) is 43.2 Å². The van der Waals surface area contributed by atoms with Gasteiger partial charge in [-0.05, 0) is 48.7 Å². The fraction of sp³-hybridized carbons (Fsp3) is 0.387. The zero-order chi connectivity index (χ0) is 27.5. The molecule has 1 atom stereocenters. The predicted molar refractivity (Wildman–Crippen MR) is 152 cm³/mol. The third-order valence-corrected chi connectivity index (χ3v) is 10.0. The van der Waals surface area contributed by atoms with E-state index in [-0.39, 0.29) is 17.6 Å². The second-order valence-corrected chi connectivity index (χ2v) is 12.4. The van der Waals surface area contributed by atoms with Crippen LogP contribution in [-0.4, -0.2) is 55.3 Å². The summed E-state index contributed by atoms with van der Waals surface area (Å²) in [6, 6.07) is 24.2. The van der Waals surface area contributed by atoms with Crippen LogP contribution < -0.4 is 10.1 Å². The molecule has 206 valence electrons. The molecule has 7 nitrogen and oxygen atoms in total. The zero-order valence-corrected chi connectivity index (χ0v) is 23.5. The van der Waals surface area contributed by atoms with Crippen LogP contribution in [0.15, 0.2) is 83.8 Å². The van der Waals surface area contributed by atoms with Crippen molar-refractivity contribution in [3.8, 4) is 5.75 Å². The largest absolute Gasteiger partial charge is 0.487 e. The third kappa shape index (κ3) is 5.88. The highest BCUT2D eigenvalue weighted by molar-refractivity contribution is 7.89.